The molecule has 0 fully saturated rings. The number of hydrogen-bond donors (Lipinski definition) is 1. The smallest absolute Gasteiger partial charge is 0.156 e. The number of nitrogens with zero attached hydrogens (tertiary/aromatic N) is 4. The van der Waals surface area contributed by atoms with E-state index in [0.29, 0.717) is 13.0 Å². The largest absolute Gasteiger partial charge is 0.497 e. The van der Waals surface area contributed by atoms with Crippen LogP contribution in [0.1, 0.15) is 17.0 Å². The topological polar surface area (TPSA) is 78.9 Å². The summed E-state index contributed by atoms with van der Waals surface area (Å²) < 4.78 is 6.96. The lowest BCUT2D eigenvalue weighted by molar-refractivity contribution is 0.414. The second-order valence-electron chi connectivity index (χ2n) is 5.02. The van der Waals surface area contributed by atoms with Gasteiger partial charge in [0.25, 0.3) is 0 Å². The van der Waals surface area contributed by atoms with Crippen molar-refractivity contribution in [3.8, 4) is 5.75 Å². The van der Waals surface area contributed by atoms with Gasteiger partial charge >= 0.3 is 0 Å². The highest BCUT2D eigenvalue weighted by Gasteiger charge is 2.08. The molecule has 0 spiro atoms. The number of methoxy groups -OCH3 is 1. The lowest BCUT2D eigenvalue weighted by Gasteiger charge is -2.06. The second-order valence-corrected chi connectivity index (χ2v) is 5.02. The van der Waals surface area contributed by atoms with E-state index in [2.05, 4.69) is 15.5 Å². The van der Waals surface area contributed by atoms with Crippen molar-refractivity contribution in [2.45, 2.75) is 13.0 Å². The Labute approximate surface area is 128 Å². The third-order valence-electron chi connectivity index (χ3n) is 3.44. The van der Waals surface area contributed by atoms with Crippen molar-refractivity contribution in [3.05, 3.63) is 65.5 Å². The maximum atomic E-state index is 5.70. The first kappa shape index (κ1) is 14.1. The van der Waals surface area contributed by atoms with Gasteiger partial charge in [0, 0.05) is 12.1 Å². The zero-order chi connectivity index (χ0) is 15.4. The summed E-state index contributed by atoms with van der Waals surface area (Å²) in [5.41, 5.74) is 8.69. The van der Waals surface area contributed by atoms with Gasteiger partial charge in [-0.3, -0.25) is 0 Å². The molecule has 1 heterocycles. The van der Waals surface area contributed by atoms with Crippen molar-refractivity contribution in [3.63, 3.8) is 0 Å². The number of rotatable bonds is 5. The molecule has 0 aliphatic heterocycles. The summed E-state index contributed by atoms with van der Waals surface area (Å²) in [6, 6.07) is 15.6. The summed E-state index contributed by atoms with van der Waals surface area (Å²) in [6.07, 6.45) is 0.673. The van der Waals surface area contributed by atoms with Crippen molar-refractivity contribution in [1.82, 2.24) is 20.2 Å². The molecule has 0 radical (unpaired) electrons. The highest BCUT2D eigenvalue weighted by Crippen LogP contribution is 2.14. The number of benzene rings is 2. The van der Waals surface area contributed by atoms with Gasteiger partial charge in [-0.05, 0) is 45.8 Å². The Morgan fingerprint density at radius 3 is 2.36 bits per heavy atom. The fourth-order valence-corrected chi connectivity index (χ4v) is 2.19. The molecule has 0 atom stereocenters. The average Bonchev–Trinajstić information content (AvgIpc) is 2.97. The molecule has 6 nitrogen and oxygen atoms in total. The summed E-state index contributed by atoms with van der Waals surface area (Å²) in [6.45, 7) is 0.624. The zero-order valence-corrected chi connectivity index (χ0v) is 12.3. The first-order chi connectivity index (χ1) is 10.7. The fraction of sp³-hybridized carbons (Fsp3) is 0.188. The molecular formula is C16H17N5O. The molecule has 2 N–H and O–H groups in total. The molecule has 6 heteroatoms. The van der Waals surface area contributed by atoms with Crippen molar-refractivity contribution in [1.29, 1.82) is 0 Å². The lowest BCUT2D eigenvalue weighted by atomic mass is 10.1. The molecule has 0 aliphatic carbocycles. The molecular weight excluding hydrogens is 278 g/mol. The third kappa shape index (κ3) is 3.22. The molecule has 0 saturated heterocycles. The summed E-state index contributed by atoms with van der Waals surface area (Å²) in [4.78, 5) is 0. The maximum absolute atomic E-state index is 5.70. The molecule has 1 aromatic heterocycles. The highest BCUT2D eigenvalue weighted by atomic mass is 16.5. The molecule has 0 aliphatic rings. The van der Waals surface area contributed by atoms with Gasteiger partial charge in [0.1, 0.15) is 5.75 Å². The van der Waals surface area contributed by atoms with E-state index in [-0.39, 0.29) is 0 Å². The van der Waals surface area contributed by atoms with Gasteiger partial charge in [-0.15, -0.1) is 5.10 Å². The number of tetrazole rings is 1. The third-order valence-corrected chi connectivity index (χ3v) is 3.44. The molecule has 3 aromatic rings. The van der Waals surface area contributed by atoms with E-state index >= 15 is 0 Å². The molecule has 3 rings (SSSR count). The van der Waals surface area contributed by atoms with E-state index in [1.165, 1.54) is 0 Å². The first-order valence-corrected chi connectivity index (χ1v) is 6.97. The van der Waals surface area contributed by atoms with Crippen LogP contribution >= 0.6 is 0 Å². The minimum atomic E-state index is 0.624. The average molecular weight is 295 g/mol. The number of hydrogen-bond acceptors (Lipinski definition) is 5. The van der Waals surface area contributed by atoms with E-state index in [1.807, 2.05) is 48.5 Å². The Hall–Kier alpha value is -2.89. The van der Waals surface area contributed by atoms with Crippen LogP contribution in [0.2, 0.25) is 0 Å². The zero-order valence-electron chi connectivity index (χ0n) is 12.3. The van der Waals surface area contributed by atoms with Gasteiger partial charge in [0.2, 0.25) is 0 Å². The molecule has 2 aromatic carbocycles. The van der Waals surface area contributed by atoms with Crippen LogP contribution in [0.25, 0.3) is 0 Å². The van der Waals surface area contributed by atoms with E-state index < -0.39 is 0 Å². The molecule has 0 bridgehead atoms. The Morgan fingerprint density at radius 1 is 1.00 bits per heavy atom. The Morgan fingerprint density at radius 2 is 1.68 bits per heavy atom. The first-order valence-electron chi connectivity index (χ1n) is 6.97. The highest BCUT2D eigenvalue weighted by molar-refractivity contribution is 5.39. The van der Waals surface area contributed by atoms with Crippen LogP contribution in [0.5, 0.6) is 5.75 Å². The molecule has 22 heavy (non-hydrogen) atoms. The molecule has 112 valence electrons. The van der Waals surface area contributed by atoms with Crippen molar-refractivity contribution < 1.29 is 4.74 Å². The van der Waals surface area contributed by atoms with Crippen LogP contribution in [0, 0.1) is 0 Å². The lowest BCUT2D eigenvalue weighted by Crippen LogP contribution is -2.08. The van der Waals surface area contributed by atoms with Crippen LogP contribution in [0.3, 0.4) is 0 Å². The van der Waals surface area contributed by atoms with Gasteiger partial charge in [0.05, 0.1) is 13.7 Å². The maximum Gasteiger partial charge on any atom is 0.156 e. The minimum absolute atomic E-state index is 0.624. The number of ether oxygens (including phenoxy) is 1. The van der Waals surface area contributed by atoms with Gasteiger partial charge in [-0.25, -0.2) is 4.68 Å². The summed E-state index contributed by atoms with van der Waals surface area (Å²) >= 11 is 0. The summed E-state index contributed by atoms with van der Waals surface area (Å²) in [5.74, 6) is 1.66. The summed E-state index contributed by atoms with van der Waals surface area (Å²) in [5, 5.41) is 12.0. The number of nitrogen functional groups attached to an aromatic ring is 1. The predicted octanol–water partition coefficient (Wildman–Crippen LogP) is 1.90. The van der Waals surface area contributed by atoms with Crippen LogP contribution < -0.4 is 10.5 Å². The number of anilines is 1. The minimum Gasteiger partial charge on any atom is -0.497 e. The standard InChI is InChI=1S/C16H17N5O/c1-22-15-8-4-12(5-9-15)10-16-18-19-20-21(16)11-13-2-6-14(17)7-3-13/h2-9H,10-11,17H2,1H3. The van der Waals surface area contributed by atoms with Crippen LogP contribution in [-0.4, -0.2) is 27.3 Å². The van der Waals surface area contributed by atoms with Crippen molar-refractivity contribution >= 4 is 5.69 Å². The van der Waals surface area contributed by atoms with Crippen molar-refractivity contribution in [2.75, 3.05) is 12.8 Å². The van der Waals surface area contributed by atoms with Crippen LogP contribution in [-0.2, 0) is 13.0 Å². The van der Waals surface area contributed by atoms with E-state index in [1.54, 1.807) is 11.8 Å². The fourth-order valence-electron chi connectivity index (χ4n) is 2.19. The molecule has 0 unspecified atom stereocenters. The quantitative estimate of drug-likeness (QED) is 0.727. The predicted molar refractivity (Wildman–Crippen MR) is 83.6 cm³/mol. The monoisotopic (exact) mass is 295 g/mol. The van der Waals surface area contributed by atoms with E-state index in [9.17, 15) is 0 Å². The Kier molecular flexibility index (Phi) is 4.00. The number of aromatic nitrogens is 4. The van der Waals surface area contributed by atoms with E-state index in [4.69, 9.17) is 10.5 Å². The van der Waals surface area contributed by atoms with Crippen LogP contribution in [0.15, 0.2) is 48.5 Å². The normalized spacial score (nSPS) is 10.6. The Balaban J connectivity index is 1.75. The molecule has 0 saturated carbocycles. The van der Waals surface area contributed by atoms with Crippen molar-refractivity contribution in [2.24, 2.45) is 0 Å². The SMILES string of the molecule is COc1ccc(Cc2nnnn2Cc2ccc(N)cc2)cc1. The second kappa shape index (κ2) is 6.26. The number of nitrogens with two attached hydrogens (primary N) is 1. The Bertz CT molecular complexity index is 734. The van der Waals surface area contributed by atoms with Gasteiger partial charge in [0.15, 0.2) is 5.82 Å². The van der Waals surface area contributed by atoms with Gasteiger partial charge < -0.3 is 10.5 Å². The van der Waals surface area contributed by atoms with E-state index in [0.717, 1.165) is 28.4 Å². The van der Waals surface area contributed by atoms with Crippen LogP contribution in [0.4, 0.5) is 5.69 Å². The molecule has 0 amide bonds. The summed E-state index contributed by atoms with van der Waals surface area (Å²) in [7, 11) is 1.65. The van der Waals surface area contributed by atoms with Gasteiger partial charge in [-0.1, -0.05) is 24.3 Å². The van der Waals surface area contributed by atoms with Gasteiger partial charge in [-0.2, -0.15) is 0 Å².